The van der Waals surface area contributed by atoms with Gasteiger partial charge in [0.1, 0.15) is 5.92 Å². The molecule has 1 fully saturated rings. The minimum atomic E-state index is -0.493. The second kappa shape index (κ2) is 5.00. The van der Waals surface area contributed by atoms with Gasteiger partial charge in [-0.05, 0) is 18.8 Å². The van der Waals surface area contributed by atoms with Gasteiger partial charge in [-0.25, -0.2) is 0 Å². The number of nitrogens with two attached hydrogens (primary N) is 1. The minimum Gasteiger partial charge on any atom is -0.409 e. The molecule has 0 aromatic carbocycles. The van der Waals surface area contributed by atoms with Gasteiger partial charge in [0.15, 0.2) is 5.84 Å². The molecule has 0 aliphatic carbocycles. The van der Waals surface area contributed by atoms with E-state index in [-0.39, 0.29) is 17.7 Å². The molecule has 1 rings (SSSR count). The molecule has 1 aliphatic heterocycles. The van der Waals surface area contributed by atoms with Crippen LogP contribution in [0.2, 0.25) is 0 Å². The Morgan fingerprint density at radius 2 is 1.93 bits per heavy atom. The van der Waals surface area contributed by atoms with Crippen molar-refractivity contribution in [3.8, 4) is 0 Å². The first kappa shape index (κ1) is 11.8. The lowest BCUT2D eigenvalue weighted by molar-refractivity contribution is -0.133. The fourth-order valence-electron chi connectivity index (χ4n) is 1.95. The van der Waals surface area contributed by atoms with Gasteiger partial charge in [-0.1, -0.05) is 19.0 Å². The van der Waals surface area contributed by atoms with Crippen molar-refractivity contribution < 1.29 is 10.0 Å². The number of carbonyl (C=O) groups excluding carboxylic acids is 1. The van der Waals surface area contributed by atoms with Crippen LogP contribution in [0.15, 0.2) is 5.16 Å². The molecular weight excluding hydrogens is 194 g/mol. The van der Waals surface area contributed by atoms with Crippen molar-refractivity contribution in [2.24, 2.45) is 22.7 Å². The molecule has 1 unspecified atom stereocenters. The summed E-state index contributed by atoms with van der Waals surface area (Å²) < 4.78 is 0. The molecule has 0 aromatic heterocycles. The summed E-state index contributed by atoms with van der Waals surface area (Å²) in [6.45, 7) is 5.38. The van der Waals surface area contributed by atoms with Gasteiger partial charge in [0, 0.05) is 13.1 Å². The standard InChI is InChI=1S/C10H19N3O2/c1-7(2)8(9(11)12-15)10(14)13-5-3-4-6-13/h7-8,15H,3-6H2,1-2H3,(H2,11,12). The number of carbonyl (C=O) groups is 1. The number of nitrogens with zero attached hydrogens (tertiary/aromatic N) is 2. The van der Waals surface area contributed by atoms with E-state index < -0.39 is 5.92 Å². The first-order chi connectivity index (χ1) is 7.07. The Morgan fingerprint density at radius 3 is 2.33 bits per heavy atom. The zero-order valence-corrected chi connectivity index (χ0v) is 9.31. The fourth-order valence-corrected chi connectivity index (χ4v) is 1.95. The molecule has 3 N–H and O–H groups in total. The summed E-state index contributed by atoms with van der Waals surface area (Å²) in [7, 11) is 0. The highest BCUT2D eigenvalue weighted by Gasteiger charge is 2.31. The molecule has 86 valence electrons. The number of oxime groups is 1. The van der Waals surface area contributed by atoms with Crippen LogP contribution < -0.4 is 5.73 Å². The quantitative estimate of drug-likeness (QED) is 0.312. The van der Waals surface area contributed by atoms with Gasteiger partial charge < -0.3 is 15.8 Å². The molecule has 1 saturated heterocycles. The maximum absolute atomic E-state index is 12.0. The highest BCUT2D eigenvalue weighted by atomic mass is 16.4. The number of amidine groups is 1. The van der Waals surface area contributed by atoms with Crippen LogP contribution in [0.1, 0.15) is 26.7 Å². The average Bonchev–Trinajstić information content (AvgIpc) is 2.69. The van der Waals surface area contributed by atoms with Crippen LogP contribution in [0.5, 0.6) is 0 Å². The Hall–Kier alpha value is -1.26. The number of rotatable bonds is 3. The lowest BCUT2D eigenvalue weighted by atomic mass is 9.93. The largest absolute Gasteiger partial charge is 0.409 e. The molecule has 0 bridgehead atoms. The molecular formula is C10H19N3O2. The van der Waals surface area contributed by atoms with Crippen LogP contribution in [0.4, 0.5) is 0 Å². The monoisotopic (exact) mass is 213 g/mol. The number of hydrogen-bond donors (Lipinski definition) is 2. The molecule has 0 aromatic rings. The SMILES string of the molecule is CC(C)C(C(=O)N1CCCC1)C(N)=NO. The smallest absolute Gasteiger partial charge is 0.233 e. The summed E-state index contributed by atoms with van der Waals surface area (Å²) in [5.41, 5.74) is 5.54. The molecule has 0 radical (unpaired) electrons. The van der Waals surface area contributed by atoms with E-state index in [0.717, 1.165) is 25.9 Å². The molecule has 5 nitrogen and oxygen atoms in total. The number of amides is 1. The van der Waals surface area contributed by atoms with Gasteiger partial charge in [-0.15, -0.1) is 0 Å². The van der Waals surface area contributed by atoms with E-state index in [4.69, 9.17) is 10.9 Å². The average molecular weight is 213 g/mol. The van der Waals surface area contributed by atoms with Crippen LogP contribution in [0.25, 0.3) is 0 Å². The maximum Gasteiger partial charge on any atom is 0.233 e. The van der Waals surface area contributed by atoms with E-state index in [9.17, 15) is 4.79 Å². The van der Waals surface area contributed by atoms with Crippen molar-refractivity contribution in [1.82, 2.24) is 4.90 Å². The predicted molar refractivity (Wildman–Crippen MR) is 57.6 cm³/mol. The zero-order valence-electron chi connectivity index (χ0n) is 9.31. The van der Waals surface area contributed by atoms with Crippen molar-refractivity contribution in [3.63, 3.8) is 0 Å². The van der Waals surface area contributed by atoms with Gasteiger partial charge in [-0.3, -0.25) is 4.79 Å². The normalized spacial score (nSPS) is 19.7. The molecule has 5 heteroatoms. The van der Waals surface area contributed by atoms with E-state index in [1.54, 1.807) is 4.90 Å². The third-order valence-corrected chi connectivity index (χ3v) is 2.78. The van der Waals surface area contributed by atoms with E-state index in [0.29, 0.717) is 0 Å². The summed E-state index contributed by atoms with van der Waals surface area (Å²) in [6, 6.07) is 0. The van der Waals surface area contributed by atoms with Crippen LogP contribution in [0.3, 0.4) is 0 Å². The summed E-state index contributed by atoms with van der Waals surface area (Å²) in [5, 5.41) is 11.6. The van der Waals surface area contributed by atoms with Gasteiger partial charge in [0.05, 0.1) is 0 Å². The highest BCUT2D eigenvalue weighted by molar-refractivity contribution is 6.02. The summed E-state index contributed by atoms with van der Waals surface area (Å²) in [6.07, 6.45) is 2.10. The summed E-state index contributed by atoms with van der Waals surface area (Å²) in [4.78, 5) is 13.8. The molecule has 1 atom stereocenters. The summed E-state index contributed by atoms with van der Waals surface area (Å²) >= 11 is 0. The Bertz CT molecular complexity index is 257. The maximum atomic E-state index is 12.0. The third-order valence-electron chi connectivity index (χ3n) is 2.78. The lowest BCUT2D eigenvalue weighted by Crippen LogP contribution is -2.43. The van der Waals surface area contributed by atoms with Crippen molar-refractivity contribution in [2.75, 3.05) is 13.1 Å². The van der Waals surface area contributed by atoms with Gasteiger partial charge in [0.25, 0.3) is 0 Å². The molecule has 0 saturated carbocycles. The zero-order chi connectivity index (χ0) is 11.4. The second-order valence-electron chi connectivity index (χ2n) is 4.28. The van der Waals surface area contributed by atoms with Crippen LogP contribution in [0, 0.1) is 11.8 Å². The van der Waals surface area contributed by atoms with E-state index in [2.05, 4.69) is 5.16 Å². The third kappa shape index (κ3) is 2.61. The Kier molecular flexibility index (Phi) is 3.94. The molecule has 1 aliphatic rings. The molecule has 15 heavy (non-hydrogen) atoms. The van der Waals surface area contributed by atoms with E-state index in [1.165, 1.54) is 0 Å². The van der Waals surface area contributed by atoms with Gasteiger partial charge in [0.2, 0.25) is 5.91 Å². The second-order valence-corrected chi connectivity index (χ2v) is 4.28. The minimum absolute atomic E-state index is 0.0156. The fraction of sp³-hybridized carbons (Fsp3) is 0.800. The molecule has 1 amide bonds. The molecule has 0 spiro atoms. The first-order valence-electron chi connectivity index (χ1n) is 5.34. The highest BCUT2D eigenvalue weighted by Crippen LogP contribution is 2.18. The van der Waals surface area contributed by atoms with Crippen LogP contribution in [-0.4, -0.2) is 34.9 Å². The topological polar surface area (TPSA) is 78.9 Å². The van der Waals surface area contributed by atoms with Gasteiger partial charge >= 0.3 is 0 Å². The van der Waals surface area contributed by atoms with Crippen molar-refractivity contribution in [3.05, 3.63) is 0 Å². The Labute approximate surface area is 89.9 Å². The van der Waals surface area contributed by atoms with Gasteiger partial charge in [-0.2, -0.15) is 0 Å². The van der Waals surface area contributed by atoms with Crippen molar-refractivity contribution >= 4 is 11.7 Å². The predicted octanol–water partition coefficient (Wildman–Crippen LogP) is 0.627. The lowest BCUT2D eigenvalue weighted by Gasteiger charge is -2.24. The van der Waals surface area contributed by atoms with E-state index in [1.807, 2.05) is 13.8 Å². The Morgan fingerprint density at radius 1 is 1.40 bits per heavy atom. The molecule has 1 heterocycles. The van der Waals surface area contributed by atoms with Crippen LogP contribution in [-0.2, 0) is 4.79 Å². The Balaban J connectivity index is 2.75. The van der Waals surface area contributed by atoms with E-state index >= 15 is 0 Å². The van der Waals surface area contributed by atoms with Crippen molar-refractivity contribution in [1.29, 1.82) is 0 Å². The van der Waals surface area contributed by atoms with Crippen molar-refractivity contribution in [2.45, 2.75) is 26.7 Å². The van der Waals surface area contributed by atoms with Crippen LogP contribution >= 0.6 is 0 Å². The number of hydrogen-bond acceptors (Lipinski definition) is 3. The summed E-state index contributed by atoms with van der Waals surface area (Å²) in [5.74, 6) is -0.443. The first-order valence-corrected chi connectivity index (χ1v) is 5.34. The number of likely N-dealkylation sites (tertiary alicyclic amines) is 1.